The maximum absolute atomic E-state index is 5.62. The molecule has 3 nitrogen and oxygen atoms in total. The summed E-state index contributed by atoms with van der Waals surface area (Å²) < 4.78 is 8.02. The zero-order valence-corrected chi connectivity index (χ0v) is 12.2. The van der Waals surface area contributed by atoms with Crippen LogP contribution in [0.25, 0.3) is 10.9 Å². The Labute approximate surface area is 114 Å². The van der Waals surface area contributed by atoms with E-state index in [1.165, 1.54) is 29.3 Å². The summed E-state index contributed by atoms with van der Waals surface area (Å²) in [5.74, 6) is 1.02. The Balaban J connectivity index is 1.99. The molecule has 0 amide bonds. The van der Waals surface area contributed by atoms with Crippen LogP contribution in [0.3, 0.4) is 0 Å². The molecule has 19 heavy (non-hydrogen) atoms. The molecule has 102 valence electrons. The maximum Gasteiger partial charge on any atom is 0.146 e. The minimum absolute atomic E-state index is 0.612. The third-order valence-electron chi connectivity index (χ3n) is 4.45. The van der Waals surface area contributed by atoms with Crippen LogP contribution in [0.1, 0.15) is 24.4 Å². The fraction of sp³-hybridized carbons (Fsp3) is 0.500. The van der Waals surface area contributed by atoms with Crippen LogP contribution in [0.4, 0.5) is 0 Å². The quantitative estimate of drug-likeness (QED) is 0.841. The number of benzene rings is 1. The molecule has 0 aliphatic heterocycles. The van der Waals surface area contributed by atoms with E-state index in [9.17, 15) is 0 Å². The number of aryl methyl sites for hydroxylation is 1. The summed E-state index contributed by atoms with van der Waals surface area (Å²) in [4.78, 5) is 2.32. The van der Waals surface area contributed by atoms with Crippen molar-refractivity contribution in [2.45, 2.75) is 31.8 Å². The van der Waals surface area contributed by atoms with Crippen molar-refractivity contribution in [2.24, 2.45) is 0 Å². The summed E-state index contributed by atoms with van der Waals surface area (Å²) in [7, 11) is 6.10. The van der Waals surface area contributed by atoms with Gasteiger partial charge >= 0.3 is 0 Å². The molecule has 0 radical (unpaired) electrons. The maximum atomic E-state index is 5.62. The third kappa shape index (κ3) is 1.93. The lowest BCUT2D eigenvalue weighted by Crippen LogP contribution is -2.41. The van der Waals surface area contributed by atoms with E-state index in [1.807, 2.05) is 0 Å². The van der Waals surface area contributed by atoms with E-state index in [1.54, 1.807) is 7.11 Å². The first-order valence-electron chi connectivity index (χ1n) is 6.92. The molecule has 0 spiro atoms. The van der Waals surface area contributed by atoms with Gasteiger partial charge in [-0.3, -0.25) is 0 Å². The van der Waals surface area contributed by atoms with Gasteiger partial charge in [0.2, 0.25) is 0 Å². The van der Waals surface area contributed by atoms with Crippen molar-refractivity contribution < 1.29 is 4.74 Å². The number of aromatic nitrogens is 1. The SMILES string of the molecule is COc1c(C)ccc2ccn(C3CC(N(C)C)C3)c12. The fourth-order valence-electron chi connectivity index (χ4n) is 3.09. The molecule has 0 atom stereocenters. The van der Waals surface area contributed by atoms with Gasteiger partial charge in [0.1, 0.15) is 5.75 Å². The predicted octanol–water partition coefficient (Wildman–Crippen LogP) is 3.22. The highest BCUT2D eigenvalue weighted by molar-refractivity contribution is 5.87. The van der Waals surface area contributed by atoms with Crippen LogP contribution < -0.4 is 4.74 Å². The Morgan fingerprint density at radius 1 is 1.21 bits per heavy atom. The van der Waals surface area contributed by atoms with Crippen molar-refractivity contribution in [1.82, 2.24) is 9.47 Å². The van der Waals surface area contributed by atoms with Gasteiger partial charge in [0.05, 0.1) is 12.6 Å². The highest BCUT2D eigenvalue weighted by Crippen LogP contribution is 2.40. The van der Waals surface area contributed by atoms with E-state index < -0.39 is 0 Å². The first-order chi connectivity index (χ1) is 9.11. The molecular formula is C16H22N2O. The Bertz CT molecular complexity index is 594. The molecule has 1 aliphatic carbocycles. The molecule has 1 aromatic heterocycles. The minimum Gasteiger partial charge on any atom is -0.494 e. The second-order valence-electron chi connectivity index (χ2n) is 5.82. The number of ether oxygens (including phenoxy) is 1. The van der Waals surface area contributed by atoms with Crippen molar-refractivity contribution >= 4 is 10.9 Å². The number of methoxy groups -OCH3 is 1. The lowest BCUT2D eigenvalue weighted by Gasteiger charge is -2.40. The largest absolute Gasteiger partial charge is 0.494 e. The molecule has 1 aromatic carbocycles. The van der Waals surface area contributed by atoms with Gasteiger partial charge in [0, 0.05) is 23.7 Å². The standard InChI is InChI=1S/C16H22N2O/c1-11-5-6-12-7-8-18(15(12)16(11)19-4)14-9-13(10-14)17(2)3/h5-8,13-14H,9-10H2,1-4H3. The number of rotatable bonds is 3. The summed E-state index contributed by atoms with van der Waals surface area (Å²) in [6, 6.07) is 7.85. The highest BCUT2D eigenvalue weighted by Gasteiger charge is 2.32. The Hall–Kier alpha value is -1.48. The molecule has 1 fully saturated rings. The Morgan fingerprint density at radius 3 is 2.58 bits per heavy atom. The average Bonchev–Trinajstić information content (AvgIpc) is 2.71. The number of hydrogen-bond donors (Lipinski definition) is 0. The lowest BCUT2D eigenvalue weighted by molar-refractivity contribution is 0.131. The molecule has 1 heterocycles. The molecule has 3 rings (SSSR count). The van der Waals surface area contributed by atoms with E-state index >= 15 is 0 Å². The van der Waals surface area contributed by atoms with E-state index in [2.05, 4.69) is 54.9 Å². The Kier molecular flexibility index (Phi) is 3.02. The molecule has 0 N–H and O–H groups in total. The van der Waals surface area contributed by atoms with Crippen molar-refractivity contribution in [1.29, 1.82) is 0 Å². The van der Waals surface area contributed by atoms with Crippen LogP contribution >= 0.6 is 0 Å². The zero-order valence-electron chi connectivity index (χ0n) is 12.2. The van der Waals surface area contributed by atoms with Gasteiger partial charge in [0.15, 0.2) is 0 Å². The summed E-state index contributed by atoms with van der Waals surface area (Å²) in [5, 5.41) is 1.27. The monoisotopic (exact) mass is 258 g/mol. The van der Waals surface area contributed by atoms with Crippen molar-refractivity contribution in [3.05, 3.63) is 30.0 Å². The van der Waals surface area contributed by atoms with Crippen molar-refractivity contribution in [3.8, 4) is 5.75 Å². The van der Waals surface area contributed by atoms with Gasteiger partial charge in [-0.25, -0.2) is 0 Å². The zero-order chi connectivity index (χ0) is 13.6. The van der Waals surface area contributed by atoms with Gasteiger partial charge in [-0.2, -0.15) is 0 Å². The second kappa shape index (κ2) is 4.57. The van der Waals surface area contributed by atoms with Crippen LogP contribution in [-0.4, -0.2) is 36.7 Å². The molecule has 1 saturated carbocycles. The van der Waals surface area contributed by atoms with Gasteiger partial charge in [-0.05, 0) is 45.5 Å². The molecule has 3 heteroatoms. The first-order valence-corrected chi connectivity index (χ1v) is 6.92. The van der Waals surface area contributed by atoms with Crippen molar-refractivity contribution in [3.63, 3.8) is 0 Å². The van der Waals surface area contributed by atoms with Crippen LogP contribution in [0.5, 0.6) is 5.75 Å². The molecule has 1 aliphatic rings. The van der Waals surface area contributed by atoms with E-state index in [4.69, 9.17) is 4.74 Å². The molecule has 2 aromatic rings. The molecular weight excluding hydrogens is 236 g/mol. The molecule has 0 unspecified atom stereocenters. The summed E-state index contributed by atoms with van der Waals surface area (Å²) >= 11 is 0. The van der Waals surface area contributed by atoms with Crippen molar-refractivity contribution in [2.75, 3.05) is 21.2 Å². The smallest absolute Gasteiger partial charge is 0.146 e. The fourth-order valence-corrected chi connectivity index (χ4v) is 3.09. The molecule has 0 bridgehead atoms. The normalized spacial score (nSPS) is 22.8. The van der Waals surface area contributed by atoms with E-state index in [0.717, 1.165) is 11.8 Å². The second-order valence-corrected chi connectivity index (χ2v) is 5.82. The molecule has 0 saturated heterocycles. The average molecular weight is 258 g/mol. The van der Waals surface area contributed by atoms with Gasteiger partial charge < -0.3 is 14.2 Å². The number of fused-ring (bicyclic) bond motifs is 1. The van der Waals surface area contributed by atoms with E-state index in [-0.39, 0.29) is 0 Å². The highest BCUT2D eigenvalue weighted by atomic mass is 16.5. The number of nitrogens with zero attached hydrogens (tertiary/aromatic N) is 2. The van der Waals surface area contributed by atoms with Gasteiger partial charge in [-0.15, -0.1) is 0 Å². The Morgan fingerprint density at radius 2 is 1.95 bits per heavy atom. The van der Waals surface area contributed by atoms with Crippen LogP contribution in [0.2, 0.25) is 0 Å². The van der Waals surface area contributed by atoms with Crippen LogP contribution in [0, 0.1) is 6.92 Å². The predicted molar refractivity (Wildman–Crippen MR) is 79.0 cm³/mol. The van der Waals surface area contributed by atoms with Gasteiger partial charge in [0.25, 0.3) is 0 Å². The van der Waals surface area contributed by atoms with E-state index in [0.29, 0.717) is 6.04 Å². The summed E-state index contributed by atoms with van der Waals surface area (Å²) in [6.45, 7) is 2.11. The third-order valence-corrected chi connectivity index (χ3v) is 4.45. The van der Waals surface area contributed by atoms with Crippen LogP contribution in [-0.2, 0) is 0 Å². The summed E-state index contributed by atoms with van der Waals surface area (Å²) in [6.07, 6.45) is 4.67. The number of hydrogen-bond acceptors (Lipinski definition) is 2. The summed E-state index contributed by atoms with van der Waals surface area (Å²) in [5.41, 5.74) is 2.46. The van der Waals surface area contributed by atoms with Gasteiger partial charge in [-0.1, -0.05) is 12.1 Å². The minimum atomic E-state index is 0.612. The van der Waals surface area contributed by atoms with Crippen LogP contribution in [0.15, 0.2) is 24.4 Å². The topological polar surface area (TPSA) is 17.4 Å². The first kappa shape index (κ1) is 12.5. The lowest BCUT2D eigenvalue weighted by atomic mass is 9.85.